The maximum absolute atomic E-state index is 15.1. The van der Waals surface area contributed by atoms with Crippen LogP contribution in [0.5, 0.6) is 5.75 Å². The van der Waals surface area contributed by atoms with E-state index in [-0.39, 0.29) is 35.8 Å². The van der Waals surface area contributed by atoms with Crippen LogP contribution in [0.1, 0.15) is 43.7 Å². The summed E-state index contributed by atoms with van der Waals surface area (Å²) < 4.78 is 35.6. The van der Waals surface area contributed by atoms with Gasteiger partial charge in [-0.15, -0.1) is 0 Å². The third-order valence-electron chi connectivity index (χ3n) is 7.74. The van der Waals surface area contributed by atoms with Gasteiger partial charge in [-0.05, 0) is 88.1 Å². The number of anilines is 3. The molecule has 1 fully saturated rings. The summed E-state index contributed by atoms with van der Waals surface area (Å²) in [4.78, 5) is 25.2. The van der Waals surface area contributed by atoms with Gasteiger partial charge in [0.05, 0.1) is 24.8 Å². The Kier molecular flexibility index (Phi) is 8.16. The zero-order chi connectivity index (χ0) is 28.4. The third-order valence-corrected chi connectivity index (χ3v) is 7.74. The number of ether oxygens (including phenoxy) is 1. The average Bonchev–Trinajstić information content (AvgIpc) is 2.94. The molecule has 5 rings (SSSR count). The van der Waals surface area contributed by atoms with Gasteiger partial charge in [0.1, 0.15) is 12.3 Å². The minimum atomic E-state index is -0.657. The summed E-state index contributed by atoms with van der Waals surface area (Å²) >= 11 is 0. The number of hydrogen-bond donors (Lipinski definition) is 2. The molecule has 1 amide bonds. The number of likely N-dealkylation sites (tertiary alicyclic amines) is 1. The number of rotatable bonds is 7. The summed E-state index contributed by atoms with van der Waals surface area (Å²) in [6, 6.07) is 9.00. The summed E-state index contributed by atoms with van der Waals surface area (Å²) in [6.45, 7) is 7.06. The molecule has 3 aromatic rings. The molecule has 0 aliphatic carbocycles. The number of piperidine rings is 1. The molecule has 0 saturated carbocycles. The van der Waals surface area contributed by atoms with Crippen LogP contribution in [0.3, 0.4) is 0 Å². The summed E-state index contributed by atoms with van der Waals surface area (Å²) in [6.07, 6.45) is 3.40. The Balaban J connectivity index is 1.45. The summed E-state index contributed by atoms with van der Waals surface area (Å²) in [5, 5.41) is 5.87. The quantitative estimate of drug-likeness (QED) is 0.434. The molecule has 2 aromatic carbocycles. The van der Waals surface area contributed by atoms with Crippen LogP contribution in [0.25, 0.3) is 11.3 Å². The molecule has 3 heterocycles. The van der Waals surface area contributed by atoms with Crippen LogP contribution in [0, 0.1) is 11.6 Å². The van der Waals surface area contributed by atoms with Crippen molar-refractivity contribution in [2.45, 2.75) is 45.1 Å². The summed E-state index contributed by atoms with van der Waals surface area (Å²) in [7, 11) is 3.75. The Morgan fingerprint density at radius 2 is 1.90 bits per heavy atom. The fourth-order valence-electron chi connectivity index (χ4n) is 5.55. The van der Waals surface area contributed by atoms with E-state index in [9.17, 15) is 9.18 Å². The van der Waals surface area contributed by atoms with Crippen LogP contribution in [-0.4, -0.2) is 67.2 Å². The monoisotopic (exact) mass is 550 g/mol. The molecule has 8 nitrogen and oxygen atoms in total. The first-order valence-corrected chi connectivity index (χ1v) is 13.8. The lowest BCUT2D eigenvalue weighted by Gasteiger charge is -2.34. The number of carbonyl (C=O) groups excluding carboxylic acids is 1. The van der Waals surface area contributed by atoms with Gasteiger partial charge in [0, 0.05) is 24.3 Å². The number of aromatic nitrogens is 2. The fourth-order valence-corrected chi connectivity index (χ4v) is 5.55. The Morgan fingerprint density at radius 3 is 2.62 bits per heavy atom. The summed E-state index contributed by atoms with van der Waals surface area (Å²) in [5.41, 5.74) is 3.66. The Morgan fingerprint density at radius 1 is 1.12 bits per heavy atom. The number of hydrogen-bond acceptors (Lipinski definition) is 7. The van der Waals surface area contributed by atoms with Gasteiger partial charge in [-0.2, -0.15) is 0 Å². The molecule has 1 saturated heterocycles. The van der Waals surface area contributed by atoms with Gasteiger partial charge in [-0.25, -0.2) is 18.7 Å². The van der Waals surface area contributed by atoms with E-state index in [1.165, 1.54) is 11.6 Å². The van der Waals surface area contributed by atoms with Gasteiger partial charge in [-0.1, -0.05) is 6.07 Å². The summed E-state index contributed by atoms with van der Waals surface area (Å²) in [5.74, 6) is -0.564. The molecular formula is C30H36F2N6O2. The Hall–Kier alpha value is -3.79. The number of amides is 1. The van der Waals surface area contributed by atoms with Crippen molar-refractivity contribution in [1.82, 2.24) is 20.2 Å². The van der Waals surface area contributed by atoms with E-state index in [1.807, 2.05) is 30.9 Å². The lowest BCUT2D eigenvalue weighted by Crippen LogP contribution is -2.38. The molecule has 0 atom stereocenters. The molecule has 0 bridgehead atoms. The molecule has 2 aliphatic heterocycles. The maximum atomic E-state index is 15.1. The van der Waals surface area contributed by atoms with Gasteiger partial charge in [0.2, 0.25) is 11.9 Å². The van der Waals surface area contributed by atoms with Gasteiger partial charge in [-0.3, -0.25) is 4.79 Å². The second-order valence-electron chi connectivity index (χ2n) is 10.8. The molecule has 0 radical (unpaired) electrons. The average molecular weight is 551 g/mol. The molecule has 10 heteroatoms. The number of fused-ring (bicyclic) bond motifs is 1. The predicted molar refractivity (Wildman–Crippen MR) is 152 cm³/mol. The second-order valence-corrected chi connectivity index (χ2v) is 10.8. The van der Waals surface area contributed by atoms with Crippen LogP contribution in [0.4, 0.5) is 26.1 Å². The first-order valence-electron chi connectivity index (χ1n) is 13.8. The number of benzene rings is 2. The van der Waals surface area contributed by atoms with E-state index in [0.717, 1.165) is 37.7 Å². The Bertz CT molecular complexity index is 1390. The molecule has 0 unspecified atom stereocenters. The van der Waals surface area contributed by atoms with E-state index in [2.05, 4.69) is 38.6 Å². The number of halogens is 2. The maximum Gasteiger partial charge on any atom is 0.227 e. The smallest absolute Gasteiger partial charge is 0.227 e. The third kappa shape index (κ3) is 5.86. The van der Waals surface area contributed by atoms with E-state index in [4.69, 9.17) is 4.74 Å². The van der Waals surface area contributed by atoms with Crippen molar-refractivity contribution in [2.24, 2.45) is 0 Å². The molecule has 1 aromatic heterocycles. The highest BCUT2D eigenvalue weighted by molar-refractivity contribution is 5.79. The zero-order valence-corrected chi connectivity index (χ0v) is 23.4. The van der Waals surface area contributed by atoms with Crippen molar-refractivity contribution in [2.75, 3.05) is 50.6 Å². The molecule has 2 N–H and O–H groups in total. The molecular weight excluding hydrogens is 514 g/mol. The predicted octanol–water partition coefficient (Wildman–Crippen LogP) is 4.87. The largest absolute Gasteiger partial charge is 0.486 e. The first kappa shape index (κ1) is 27.8. The fraction of sp³-hybridized carbons (Fsp3) is 0.433. The molecule has 212 valence electrons. The van der Waals surface area contributed by atoms with E-state index in [0.29, 0.717) is 36.0 Å². The normalized spacial score (nSPS) is 16.0. The van der Waals surface area contributed by atoms with Crippen molar-refractivity contribution in [3.05, 3.63) is 59.3 Å². The lowest BCUT2D eigenvalue weighted by molar-refractivity contribution is -0.119. The van der Waals surface area contributed by atoms with Crippen LogP contribution in [0.15, 0.2) is 36.5 Å². The van der Waals surface area contributed by atoms with E-state index < -0.39 is 11.6 Å². The van der Waals surface area contributed by atoms with Crippen molar-refractivity contribution < 1.29 is 18.3 Å². The van der Waals surface area contributed by atoms with Crippen molar-refractivity contribution >= 4 is 23.2 Å². The number of carbonyl (C=O) groups is 1. The highest BCUT2D eigenvalue weighted by atomic mass is 19.1. The highest BCUT2D eigenvalue weighted by Gasteiger charge is 2.26. The first-order chi connectivity index (χ1) is 19.2. The minimum absolute atomic E-state index is 0.0120. The number of likely N-dealkylation sites (N-methyl/N-ethyl adjacent to an activating group) is 1. The molecule has 2 aliphatic rings. The topological polar surface area (TPSA) is 82.6 Å². The van der Waals surface area contributed by atoms with Gasteiger partial charge < -0.3 is 25.2 Å². The van der Waals surface area contributed by atoms with E-state index >= 15 is 4.39 Å². The SMILES string of the molecule is CNC(=O)Cc1cc(Nc2ncc(F)c(-c3cc(F)c4c(c3)N(C(C)C)CCO4)n2)ccc1C1CCN(C)CC1. The van der Waals surface area contributed by atoms with Gasteiger partial charge >= 0.3 is 0 Å². The number of nitrogens with one attached hydrogen (secondary N) is 2. The van der Waals surface area contributed by atoms with Gasteiger partial charge in [0.15, 0.2) is 17.4 Å². The van der Waals surface area contributed by atoms with Crippen molar-refractivity contribution in [3.63, 3.8) is 0 Å². The van der Waals surface area contributed by atoms with Crippen molar-refractivity contribution in [3.8, 4) is 17.0 Å². The van der Waals surface area contributed by atoms with Crippen molar-refractivity contribution in [1.29, 1.82) is 0 Å². The van der Waals surface area contributed by atoms with Crippen LogP contribution < -0.4 is 20.3 Å². The number of nitrogens with zero attached hydrogens (tertiary/aromatic N) is 4. The lowest BCUT2D eigenvalue weighted by atomic mass is 9.85. The second kappa shape index (κ2) is 11.8. The minimum Gasteiger partial charge on any atom is -0.486 e. The van der Waals surface area contributed by atoms with Crippen LogP contribution in [0.2, 0.25) is 0 Å². The van der Waals surface area contributed by atoms with Gasteiger partial charge in [0.25, 0.3) is 0 Å². The Labute approximate surface area is 233 Å². The molecule has 0 spiro atoms. The highest BCUT2D eigenvalue weighted by Crippen LogP contribution is 2.39. The zero-order valence-electron chi connectivity index (χ0n) is 23.4. The van der Waals surface area contributed by atoms with Crippen LogP contribution in [-0.2, 0) is 11.2 Å². The van der Waals surface area contributed by atoms with E-state index in [1.54, 1.807) is 13.1 Å². The standard InChI is InChI=1S/C30H36F2N6O2/c1-18(2)38-11-12-40-29-24(31)14-21(15-26(29)38)28-25(32)17-34-30(36-28)35-22-5-6-23(19-7-9-37(4)10-8-19)20(13-22)16-27(39)33-3/h5-6,13-15,17-19H,7-12,16H2,1-4H3,(H,33,39)(H,34,35,36). The van der Waals surface area contributed by atoms with Crippen LogP contribution >= 0.6 is 0 Å². The molecule has 40 heavy (non-hydrogen) atoms.